The van der Waals surface area contributed by atoms with Crippen LogP contribution in [0, 0.1) is 6.92 Å². The van der Waals surface area contributed by atoms with Gasteiger partial charge in [-0.2, -0.15) is 0 Å². The highest BCUT2D eigenvalue weighted by atomic mass is 32.1. The van der Waals surface area contributed by atoms with Gasteiger partial charge in [-0.3, -0.25) is 0 Å². The van der Waals surface area contributed by atoms with E-state index in [0.29, 0.717) is 11.8 Å². The molecule has 10 aromatic rings. The fourth-order valence-electron chi connectivity index (χ4n) is 13.7. The van der Waals surface area contributed by atoms with Crippen molar-refractivity contribution in [3.63, 3.8) is 0 Å². The van der Waals surface area contributed by atoms with E-state index in [-0.39, 0.29) is 17.5 Å². The molecule has 4 aliphatic rings. The number of thiophene rings is 1. The van der Waals surface area contributed by atoms with Crippen molar-refractivity contribution in [2.24, 2.45) is 0 Å². The average Bonchev–Trinajstić information content (AvgIpc) is 3.87. The van der Waals surface area contributed by atoms with Crippen LogP contribution in [0.1, 0.15) is 130 Å². The zero-order valence-electron chi connectivity index (χ0n) is 47.0. The van der Waals surface area contributed by atoms with E-state index in [1.165, 1.54) is 144 Å². The molecule has 382 valence electrons. The third-order valence-electron chi connectivity index (χ3n) is 17.8. The Morgan fingerprint density at radius 3 is 1.65 bits per heavy atom. The number of hydrogen-bond acceptors (Lipinski definition) is 3. The molecular formula is C74H67BN2S. The van der Waals surface area contributed by atoms with Crippen molar-refractivity contribution in [1.29, 1.82) is 0 Å². The van der Waals surface area contributed by atoms with E-state index in [1.54, 1.807) is 0 Å². The molecule has 3 heterocycles. The Hall–Kier alpha value is -7.66. The largest absolute Gasteiger partial charge is 0.311 e. The quantitative estimate of drug-likeness (QED) is 0.153. The number of fused-ring (bicyclic) bond motifs is 15. The van der Waals surface area contributed by atoms with Crippen LogP contribution in [0.4, 0.5) is 34.1 Å². The molecule has 1 aromatic heterocycles. The molecule has 0 saturated carbocycles. The third-order valence-corrected chi connectivity index (χ3v) is 19.2. The molecular weight excluding hydrogens is 960 g/mol. The molecule has 4 heteroatoms. The van der Waals surface area contributed by atoms with Gasteiger partial charge in [0.15, 0.2) is 0 Å². The van der Waals surface area contributed by atoms with Gasteiger partial charge in [0.2, 0.25) is 0 Å². The van der Waals surface area contributed by atoms with E-state index in [0.717, 1.165) is 0 Å². The van der Waals surface area contributed by atoms with Gasteiger partial charge in [-0.05, 0) is 166 Å². The van der Waals surface area contributed by atoms with Gasteiger partial charge in [-0.15, -0.1) is 11.3 Å². The van der Waals surface area contributed by atoms with Crippen molar-refractivity contribution in [2.45, 2.75) is 104 Å². The van der Waals surface area contributed by atoms with E-state index < -0.39 is 5.41 Å². The maximum atomic E-state index is 2.69. The summed E-state index contributed by atoms with van der Waals surface area (Å²) >= 11 is 2.08. The predicted molar refractivity (Wildman–Crippen MR) is 336 cm³/mol. The summed E-state index contributed by atoms with van der Waals surface area (Å²) in [4.78, 5) is 6.73. The summed E-state index contributed by atoms with van der Waals surface area (Å²) in [5.41, 5.74) is 30.7. The van der Waals surface area contributed by atoms with Crippen LogP contribution in [0.3, 0.4) is 0 Å². The summed E-state index contributed by atoms with van der Waals surface area (Å²) < 4.78 is 1.40. The van der Waals surface area contributed by atoms with Gasteiger partial charge in [0.1, 0.15) is 0 Å². The third kappa shape index (κ3) is 7.07. The number of nitrogens with zero attached hydrogens (tertiary/aromatic N) is 2. The Morgan fingerprint density at radius 2 is 1.01 bits per heavy atom. The first-order valence-electron chi connectivity index (χ1n) is 28.3. The summed E-state index contributed by atoms with van der Waals surface area (Å²) in [6.45, 7) is 25.5. The molecule has 0 unspecified atom stereocenters. The normalized spacial score (nSPS) is 14.3. The monoisotopic (exact) mass is 1030 g/mol. The lowest BCUT2D eigenvalue weighted by atomic mass is 9.36. The van der Waals surface area contributed by atoms with E-state index in [1.807, 2.05) is 0 Å². The first-order chi connectivity index (χ1) is 37.5. The lowest BCUT2D eigenvalue weighted by molar-refractivity contribution is 0.590. The maximum absolute atomic E-state index is 2.69. The zero-order chi connectivity index (χ0) is 53.7. The van der Waals surface area contributed by atoms with Crippen LogP contribution in [0.25, 0.3) is 44.5 Å². The zero-order valence-corrected chi connectivity index (χ0v) is 47.8. The molecule has 0 radical (unpaired) electrons. The Labute approximate surface area is 467 Å². The Morgan fingerprint density at radius 1 is 0.449 bits per heavy atom. The second-order valence-corrected chi connectivity index (χ2v) is 26.4. The highest BCUT2D eigenvalue weighted by Crippen LogP contribution is 2.67. The minimum atomic E-state index is -0.491. The number of rotatable bonds is 6. The summed E-state index contributed by atoms with van der Waals surface area (Å²) in [5.74, 6) is 0.800. The molecule has 2 aliphatic heterocycles. The highest BCUT2D eigenvalue weighted by molar-refractivity contribution is 7.30. The SMILES string of the molecule is Cc1cc2c3c(c1)N(c1ccc(C(C)(C)C)cc1)c1c(sc4c1-c1ccc(C(C)C)cc1C41c4ccccc4-c4ccccc41)B3c1ccc(-c3cc(C(C)(C)C)ccc3-c3ccccc3)cc1N2c1ccc(C(C)C)cc1. The average molecular weight is 1030 g/mol. The molecule has 0 amide bonds. The summed E-state index contributed by atoms with van der Waals surface area (Å²) in [6, 6.07) is 75.7. The van der Waals surface area contributed by atoms with Crippen LogP contribution in [-0.2, 0) is 16.2 Å². The molecule has 0 bridgehead atoms. The summed E-state index contributed by atoms with van der Waals surface area (Å²) in [6.07, 6.45) is 0. The van der Waals surface area contributed by atoms with E-state index in [4.69, 9.17) is 0 Å². The van der Waals surface area contributed by atoms with Crippen LogP contribution in [0.15, 0.2) is 194 Å². The van der Waals surface area contributed by atoms with Crippen molar-refractivity contribution >= 4 is 67.9 Å². The molecule has 0 N–H and O–H groups in total. The van der Waals surface area contributed by atoms with Crippen molar-refractivity contribution in [3.05, 3.63) is 244 Å². The van der Waals surface area contributed by atoms with Crippen molar-refractivity contribution in [2.75, 3.05) is 9.80 Å². The minimum absolute atomic E-state index is 0.00954. The Bertz CT molecular complexity index is 4020. The van der Waals surface area contributed by atoms with Gasteiger partial charge in [-0.1, -0.05) is 221 Å². The second kappa shape index (κ2) is 17.4. The summed E-state index contributed by atoms with van der Waals surface area (Å²) in [7, 11) is 0. The van der Waals surface area contributed by atoms with Gasteiger partial charge in [0, 0.05) is 43.7 Å². The van der Waals surface area contributed by atoms with Crippen LogP contribution in [0.2, 0.25) is 0 Å². The van der Waals surface area contributed by atoms with Crippen LogP contribution < -0.4 is 25.5 Å². The second-order valence-electron chi connectivity index (χ2n) is 25.3. The van der Waals surface area contributed by atoms with Gasteiger partial charge < -0.3 is 9.80 Å². The van der Waals surface area contributed by atoms with Gasteiger partial charge >= 0.3 is 0 Å². The molecule has 2 nitrogen and oxygen atoms in total. The molecule has 78 heavy (non-hydrogen) atoms. The van der Waals surface area contributed by atoms with Crippen molar-refractivity contribution in [1.82, 2.24) is 0 Å². The fourth-order valence-corrected chi connectivity index (χ4v) is 15.4. The molecule has 1 spiro atoms. The topological polar surface area (TPSA) is 6.48 Å². The number of benzene rings is 9. The minimum Gasteiger partial charge on any atom is -0.311 e. The van der Waals surface area contributed by atoms with Gasteiger partial charge in [0.25, 0.3) is 6.71 Å². The van der Waals surface area contributed by atoms with Gasteiger partial charge in [-0.25, -0.2) is 0 Å². The standard InChI is InChI=1S/C74H67BN2S/c1-44(2)47-25-32-53(33-26-47)76-64-42-50(59-43-52(73(9,10)11)31-37-55(59)48-19-13-12-14-20-48)28-38-63(64)75-68-65(76)39-46(5)40-66(68)77(54-34-29-51(30-35-54)72(6,7)8)69-67-58-36-27-49(45(3)4)41-62(58)74(70(67)78-71(69)75)60-23-17-15-21-56(60)57-22-16-18-24-61(57)74/h12-45H,1-11H3. The Balaban J connectivity index is 1.11. The summed E-state index contributed by atoms with van der Waals surface area (Å²) in [5, 5.41) is 0. The fraction of sp³-hybridized carbons (Fsp3) is 0.216. The molecule has 0 saturated heterocycles. The Kier molecular flexibility index (Phi) is 10.9. The van der Waals surface area contributed by atoms with Crippen LogP contribution in [0.5, 0.6) is 0 Å². The predicted octanol–water partition coefficient (Wildman–Crippen LogP) is 18.7. The lowest BCUT2D eigenvalue weighted by Gasteiger charge is -2.44. The molecule has 2 aliphatic carbocycles. The van der Waals surface area contributed by atoms with Crippen molar-refractivity contribution in [3.8, 4) is 44.5 Å². The van der Waals surface area contributed by atoms with Crippen LogP contribution >= 0.6 is 11.3 Å². The first-order valence-corrected chi connectivity index (χ1v) is 29.1. The maximum Gasteiger partial charge on any atom is 0.264 e. The van der Waals surface area contributed by atoms with E-state index >= 15 is 0 Å². The van der Waals surface area contributed by atoms with Crippen LogP contribution in [-0.4, -0.2) is 6.71 Å². The molecule has 14 rings (SSSR count). The van der Waals surface area contributed by atoms with E-state index in [2.05, 4.69) is 291 Å². The first kappa shape index (κ1) is 48.7. The van der Waals surface area contributed by atoms with E-state index in [9.17, 15) is 0 Å². The molecule has 9 aromatic carbocycles. The smallest absolute Gasteiger partial charge is 0.264 e. The molecule has 0 atom stereocenters. The number of aryl methyl sites for hydroxylation is 1. The number of anilines is 6. The highest BCUT2D eigenvalue weighted by Gasteiger charge is 2.57. The lowest BCUT2D eigenvalue weighted by Crippen LogP contribution is -2.60. The number of hydrogen-bond donors (Lipinski definition) is 0. The van der Waals surface area contributed by atoms with Gasteiger partial charge in [0.05, 0.1) is 11.1 Å². The molecule has 0 fully saturated rings. The van der Waals surface area contributed by atoms with Crippen molar-refractivity contribution < 1.29 is 0 Å².